The second-order valence-electron chi connectivity index (χ2n) is 2.93. The molecule has 0 aliphatic carbocycles. The summed E-state index contributed by atoms with van der Waals surface area (Å²) in [6.45, 7) is 5.41. The van der Waals surface area contributed by atoms with Crippen LogP contribution in [-0.2, 0) is 10.5 Å². The number of hydrogen-bond donors (Lipinski definition) is 1. The summed E-state index contributed by atoms with van der Waals surface area (Å²) in [6, 6.07) is 1.89. The Morgan fingerprint density at radius 2 is 2.43 bits per heavy atom. The lowest BCUT2D eigenvalue weighted by Gasteiger charge is -1.99. The quantitative estimate of drug-likeness (QED) is 0.762. The highest BCUT2D eigenvalue weighted by molar-refractivity contribution is 7.98. The van der Waals surface area contributed by atoms with E-state index in [0.29, 0.717) is 11.5 Å². The Kier molecular flexibility index (Phi) is 3.83. The zero-order valence-corrected chi connectivity index (χ0v) is 8.76. The molecule has 0 amide bonds. The fourth-order valence-corrected chi connectivity index (χ4v) is 1.83. The van der Waals surface area contributed by atoms with Crippen molar-refractivity contribution in [1.29, 1.82) is 0 Å². The summed E-state index contributed by atoms with van der Waals surface area (Å²) in [5, 5.41) is 8.56. The predicted octanol–water partition coefficient (Wildman–Crippen LogP) is 2.46. The van der Waals surface area contributed by atoms with E-state index in [1.807, 2.05) is 13.0 Å². The van der Waals surface area contributed by atoms with Gasteiger partial charge in [-0.3, -0.25) is 0 Å². The maximum Gasteiger partial charge on any atom is 0.331 e. The van der Waals surface area contributed by atoms with Crippen molar-refractivity contribution in [1.82, 2.24) is 0 Å². The smallest absolute Gasteiger partial charge is 0.331 e. The lowest BCUT2D eigenvalue weighted by molar-refractivity contribution is -0.132. The van der Waals surface area contributed by atoms with Crippen LogP contribution in [0.3, 0.4) is 0 Å². The fraction of sp³-hybridized carbons (Fsp3) is 0.300. The number of carboxylic acids is 1. The Labute approximate surface area is 86.8 Å². The van der Waals surface area contributed by atoms with Gasteiger partial charge in [0.25, 0.3) is 0 Å². The summed E-state index contributed by atoms with van der Waals surface area (Å²) < 4.78 is 5.21. The first-order chi connectivity index (χ1) is 6.61. The lowest BCUT2D eigenvalue weighted by Crippen LogP contribution is -2.01. The Morgan fingerprint density at radius 3 is 2.93 bits per heavy atom. The van der Waals surface area contributed by atoms with E-state index in [-0.39, 0.29) is 5.57 Å². The minimum absolute atomic E-state index is 0.221. The normalized spacial score (nSPS) is 10.1. The molecule has 4 heteroatoms. The molecule has 0 aromatic carbocycles. The minimum atomic E-state index is -0.936. The number of aliphatic carboxylic acids is 1. The van der Waals surface area contributed by atoms with Gasteiger partial charge in [0.1, 0.15) is 5.76 Å². The maximum atomic E-state index is 10.4. The van der Waals surface area contributed by atoms with Gasteiger partial charge in [0, 0.05) is 11.3 Å². The van der Waals surface area contributed by atoms with Crippen molar-refractivity contribution < 1.29 is 14.3 Å². The van der Waals surface area contributed by atoms with Crippen molar-refractivity contribution in [2.45, 2.75) is 12.7 Å². The summed E-state index contributed by atoms with van der Waals surface area (Å²) in [6.07, 6.45) is 1.64. The molecule has 76 valence electrons. The standard InChI is InChI=1S/C10H12O3S/c1-7-3-4-13-9(7)6-14-5-8(2)10(11)12/h3-4H,2,5-6H2,1H3,(H,11,12). The Morgan fingerprint density at radius 1 is 1.71 bits per heavy atom. The van der Waals surface area contributed by atoms with E-state index in [2.05, 4.69) is 6.58 Å². The molecular weight excluding hydrogens is 200 g/mol. The largest absolute Gasteiger partial charge is 0.478 e. The molecule has 14 heavy (non-hydrogen) atoms. The van der Waals surface area contributed by atoms with E-state index in [9.17, 15) is 4.79 Å². The van der Waals surface area contributed by atoms with E-state index in [1.165, 1.54) is 11.8 Å². The molecule has 0 saturated carbocycles. The summed E-state index contributed by atoms with van der Waals surface area (Å²) in [7, 11) is 0. The SMILES string of the molecule is C=C(CSCc1occc1C)C(=O)O. The van der Waals surface area contributed by atoms with Gasteiger partial charge in [-0.15, -0.1) is 11.8 Å². The summed E-state index contributed by atoms with van der Waals surface area (Å²) >= 11 is 1.49. The second kappa shape index (κ2) is 4.91. The zero-order valence-electron chi connectivity index (χ0n) is 7.95. The van der Waals surface area contributed by atoms with Crippen LogP contribution in [0.5, 0.6) is 0 Å². The molecule has 0 saturated heterocycles. The maximum absolute atomic E-state index is 10.4. The van der Waals surface area contributed by atoms with Gasteiger partial charge >= 0.3 is 5.97 Å². The van der Waals surface area contributed by atoms with Crippen molar-refractivity contribution in [3.05, 3.63) is 35.8 Å². The number of carbonyl (C=O) groups is 1. The Bertz CT molecular complexity index is 341. The van der Waals surface area contributed by atoms with Crippen molar-refractivity contribution in [2.75, 3.05) is 5.75 Å². The third-order valence-electron chi connectivity index (χ3n) is 1.78. The third-order valence-corrected chi connectivity index (χ3v) is 2.80. The molecule has 3 nitrogen and oxygen atoms in total. The lowest BCUT2D eigenvalue weighted by atomic mass is 10.3. The van der Waals surface area contributed by atoms with E-state index in [1.54, 1.807) is 6.26 Å². The minimum Gasteiger partial charge on any atom is -0.478 e. The molecule has 1 aromatic rings. The molecule has 0 bridgehead atoms. The van der Waals surface area contributed by atoms with Crippen LogP contribution < -0.4 is 0 Å². The van der Waals surface area contributed by atoms with Gasteiger partial charge in [-0.1, -0.05) is 6.58 Å². The molecule has 0 aliphatic rings. The van der Waals surface area contributed by atoms with Crippen LogP contribution in [0.2, 0.25) is 0 Å². The van der Waals surface area contributed by atoms with E-state index >= 15 is 0 Å². The van der Waals surface area contributed by atoms with Crippen LogP contribution in [0.1, 0.15) is 11.3 Å². The molecule has 1 N–H and O–H groups in total. The predicted molar refractivity (Wildman–Crippen MR) is 56.4 cm³/mol. The van der Waals surface area contributed by atoms with Crippen molar-refractivity contribution in [3.8, 4) is 0 Å². The van der Waals surface area contributed by atoms with Crippen LogP contribution >= 0.6 is 11.8 Å². The van der Waals surface area contributed by atoms with Gasteiger partial charge in [-0.25, -0.2) is 4.79 Å². The summed E-state index contributed by atoms with van der Waals surface area (Å²) in [5.74, 6) is 1.07. The van der Waals surface area contributed by atoms with Crippen LogP contribution in [0.15, 0.2) is 28.9 Å². The zero-order chi connectivity index (χ0) is 10.6. The number of thioether (sulfide) groups is 1. The summed E-state index contributed by atoms with van der Waals surface area (Å²) in [4.78, 5) is 10.4. The highest BCUT2D eigenvalue weighted by atomic mass is 32.2. The molecule has 0 spiro atoms. The van der Waals surface area contributed by atoms with Gasteiger partial charge in [0.15, 0.2) is 0 Å². The monoisotopic (exact) mass is 212 g/mol. The Balaban J connectivity index is 2.32. The van der Waals surface area contributed by atoms with Crippen molar-refractivity contribution >= 4 is 17.7 Å². The number of carboxylic acid groups (broad SMARTS) is 1. The van der Waals surface area contributed by atoms with Crippen LogP contribution in [-0.4, -0.2) is 16.8 Å². The van der Waals surface area contributed by atoms with E-state index in [4.69, 9.17) is 9.52 Å². The fourth-order valence-electron chi connectivity index (χ4n) is 0.881. The number of aryl methyl sites for hydroxylation is 1. The third kappa shape index (κ3) is 2.96. The molecule has 0 radical (unpaired) electrons. The first-order valence-electron chi connectivity index (χ1n) is 4.13. The van der Waals surface area contributed by atoms with Crippen molar-refractivity contribution in [2.24, 2.45) is 0 Å². The molecule has 0 aliphatic heterocycles. The summed E-state index contributed by atoms with van der Waals surface area (Å²) in [5.41, 5.74) is 1.32. The average molecular weight is 212 g/mol. The average Bonchev–Trinajstić information content (AvgIpc) is 2.51. The van der Waals surface area contributed by atoms with Gasteiger partial charge in [-0.2, -0.15) is 0 Å². The Hall–Kier alpha value is -1.16. The molecule has 0 fully saturated rings. The first kappa shape index (κ1) is 10.9. The van der Waals surface area contributed by atoms with Gasteiger partial charge in [0.2, 0.25) is 0 Å². The van der Waals surface area contributed by atoms with Crippen LogP contribution in [0.25, 0.3) is 0 Å². The van der Waals surface area contributed by atoms with Gasteiger partial charge < -0.3 is 9.52 Å². The highest BCUT2D eigenvalue weighted by Crippen LogP contribution is 2.18. The van der Waals surface area contributed by atoms with Gasteiger partial charge in [-0.05, 0) is 18.6 Å². The topological polar surface area (TPSA) is 50.4 Å². The van der Waals surface area contributed by atoms with E-state index < -0.39 is 5.97 Å². The molecule has 1 heterocycles. The van der Waals surface area contributed by atoms with Gasteiger partial charge in [0.05, 0.1) is 12.0 Å². The van der Waals surface area contributed by atoms with Crippen LogP contribution in [0.4, 0.5) is 0 Å². The molecule has 0 atom stereocenters. The first-order valence-corrected chi connectivity index (χ1v) is 5.28. The molecular formula is C10H12O3S. The number of furan rings is 1. The number of rotatable bonds is 5. The molecule has 1 aromatic heterocycles. The van der Waals surface area contributed by atoms with Crippen LogP contribution in [0, 0.1) is 6.92 Å². The number of hydrogen-bond acceptors (Lipinski definition) is 3. The molecule has 1 rings (SSSR count). The molecule has 0 unspecified atom stereocenters. The van der Waals surface area contributed by atoms with E-state index in [0.717, 1.165) is 11.3 Å². The highest BCUT2D eigenvalue weighted by Gasteiger charge is 2.06. The van der Waals surface area contributed by atoms with Crippen molar-refractivity contribution in [3.63, 3.8) is 0 Å². The second-order valence-corrected chi connectivity index (χ2v) is 3.91.